The maximum Gasteiger partial charge on any atom is 0.141 e. The second kappa shape index (κ2) is 5.08. The number of hydrogen-bond acceptors (Lipinski definition) is 2. The van der Waals surface area contributed by atoms with Crippen molar-refractivity contribution >= 4 is 22.6 Å². The van der Waals surface area contributed by atoms with Crippen LogP contribution in [0.15, 0.2) is 36.4 Å². The molecule has 0 unspecified atom stereocenters. The molecule has 3 rings (SSSR count). The van der Waals surface area contributed by atoms with Crippen molar-refractivity contribution in [1.82, 2.24) is 9.55 Å². The molecule has 2 aromatic carbocycles. The number of para-hydroxylation sites is 1. The molecule has 0 spiro atoms. The minimum Gasteiger partial charge on any atom is -0.508 e. The summed E-state index contributed by atoms with van der Waals surface area (Å²) in [5.41, 5.74) is 3.54. The minimum atomic E-state index is 0.216. The van der Waals surface area contributed by atoms with Crippen LogP contribution in [0.1, 0.15) is 25.5 Å². The fourth-order valence-corrected chi connectivity index (χ4v) is 2.82. The number of hydrogen-bond donors (Lipinski definition) is 1. The van der Waals surface area contributed by atoms with Crippen LogP contribution in [-0.4, -0.2) is 14.7 Å². The summed E-state index contributed by atoms with van der Waals surface area (Å²) in [4.78, 5) is 4.70. The maximum absolute atomic E-state index is 9.96. The van der Waals surface area contributed by atoms with Crippen LogP contribution in [0.25, 0.3) is 22.4 Å². The van der Waals surface area contributed by atoms with Gasteiger partial charge in [0.2, 0.25) is 0 Å². The van der Waals surface area contributed by atoms with Gasteiger partial charge in [-0.3, -0.25) is 0 Å². The molecule has 0 aliphatic heterocycles. The van der Waals surface area contributed by atoms with Gasteiger partial charge in [-0.25, -0.2) is 4.98 Å². The molecule has 108 valence electrons. The summed E-state index contributed by atoms with van der Waals surface area (Å²) < 4.78 is 2.11. The molecule has 3 nitrogen and oxygen atoms in total. The largest absolute Gasteiger partial charge is 0.508 e. The predicted molar refractivity (Wildman–Crippen MR) is 87.0 cm³/mol. The number of phenols is 1. The first-order valence-electron chi connectivity index (χ1n) is 6.95. The van der Waals surface area contributed by atoms with Crippen molar-refractivity contribution in [2.45, 2.75) is 26.8 Å². The Labute approximate surface area is 128 Å². The normalized spacial score (nSPS) is 11.5. The lowest BCUT2D eigenvalue weighted by atomic mass is 10.1. The maximum atomic E-state index is 9.96. The van der Waals surface area contributed by atoms with Gasteiger partial charge in [0.15, 0.2) is 0 Å². The van der Waals surface area contributed by atoms with E-state index in [1.165, 1.54) is 0 Å². The third kappa shape index (κ3) is 2.28. The van der Waals surface area contributed by atoms with Crippen LogP contribution in [0.3, 0.4) is 0 Å². The van der Waals surface area contributed by atoms with Crippen molar-refractivity contribution in [3.05, 3.63) is 47.0 Å². The average molecular weight is 301 g/mol. The van der Waals surface area contributed by atoms with E-state index in [4.69, 9.17) is 16.6 Å². The van der Waals surface area contributed by atoms with E-state index >= 15 is 0 Å². The zero-order valence-corrected chi connectivity index (χ0v) is 13.0. The third-order valence-electron chi connectivity index (χ3n) is 3.64. The zero-order chi connectivity index (χ0) is 15.1. The molecule has 0 radical (unpaired) electrons. The fraction of sp³-hybridized carbons (Fsp3) is 0.235. The minimum absolute atomic E-state index is 0.216. The lowest BCUT2D eigenvalue weighted by molar-refractivity contribution is 0.471. The van der Waals surface area contributed by atoms with E-state index in [2.05, 4.69) is 18.4 Å². The fourth-order valence-electron chi connectivity index (χ4n) is 2.56. The Bertz CT molecular complexity index is 821. The lowest BCUT2D eigenvalue weighted by Gasteiger charge is -2.14. The number of rotatable bonds is 2. The van der Waals surface area contributed by atoms with Gasteiger partial charge in [-0.05, 0) is 44.5 Å². The molecule has 0 saturated carbocycles. The summed E-state index contributed by atoms with van der Waals surface area (Å²) in [5, 5.41) is 10.6. The molecule has 21 heavy (non-hydrogen) atoms. The second-order valence-corrected chi connectivity index (χ2v) is 5.92. The van der Waals surface area contributed by atoms with Gasteiger partial charge in [0.05, 0.1) is 16.1 Å². The molecular weight excluding hydrogens is 284 g/mol. The molecule has 1 heterocycles. The molecule has 1 N–H and O–H groups in total. The molecular formula is C17H17ClN2O. The smallest absolute Gasteiger partial charge is 0.141 e. The van der Waals surface area contributed by atoms with Crippen molar-refractivity contribution < 1.29 is 5.11 Å². The quantitative estimate of drug-likeness (QED) is 0.727. The SMILES string of the molecule is Cc1ccc(-c2nc3cccc(Cl)c3n2C(C)C)cc1O. The van der Waals surface area contributed by atoms with Gasteiger partial charge in [-0.1, -0.05) is 29.8 Å². The number of phenolic OH excluding ortho intramolecular Hbond substituents is 1. The number of benzene rings is 2. The summed E-state index contributed by atoms with van der Waals surface area (Å²) in [5.74, 6) is 1.10. The molecule has 3 aromatic rings. The van der Waals surface area contributed by atoms with E-state index in [1.54, 1.807) is 6.07 Å². The van der Waals surface area contributed by atoms with Crippen LogP contribution in [0, 0.1) is 6.92 Å². The molecule has 0 atom stereocenters. The van der Waals surface area contributed by atoms with Gasteiger partial charge in [0, 0.05) is 11.6 Å². The predicted octanol–water partition coefficient (Wildman–Crippen LogP) is 4.95. The topological polar surface area (TPSA) is 38.0 Å². The zero-order valence-electron chi connectivity index (χ0n) is 12.3. The molecule has 1 aromatic heterocycles. The summed E-state index contributed by atoms with van der Waals surface area (Å²) >= 11 is 6.35. The van der Waals surface area contributed by atoms with Gasteiger partial charge in [0.25, 0.3) is 0 Å². The van der Waals surface area contributed by atoms with Crippen LogP contribution in [0.2, 0.25) is 5.02 Å². The van der Waals surface area contributed by atoms with E-state index in [0.717, 1.165) is 28.0 Å². The van der Waals surface area contributed by atoms with Crippen molar-refractivity contribution in [3.63, 3.8) is 0 Å². The monoisotopic (exact) mass is 300 g/mol. The Balaban J connectivity index is 2.34. The van der Waals surface area contributed by atoms with Crippen LogP contribution >= 0.6 is 11.6 Å². The highest BCUT2D eigenvalue weighted by Gasteiger charge is 2.17. The van der Waals surface area contributed by atoms with Gasteiger partial charge < -0.3 is 9.67 Å². The molecule has 0 bridgehead atoms. The summed E-state index contributed by atoms with van der Waals surface area (Å²) in [6.07, 6.45) is 0. The van der Waals surface area contributed by atoms with Crippen molar-refractivity contribution in [2.24, 2.45) is 0 Å². The summed E-state index contributed by atoms with van der Waals surface area (Å²) in [7, 11) is 0. The van der Waals surface area contributed by atoms with Gasteiger partial charge in [0.1, 0.15) is 11.6 Å². The van der Waals surface area contributed by atoms with Crippen molar-refractivity contribution in [2.75, 3.05) is 0 Å². The van der Waals surface area contributed by atoms with Crippen molar-refractivity contribution in [1.29, 1.82) is 0 Å². The van der Waals surface area contributed by atoms with Gasteiger partial charge in [-0.2, -0.15) is 0 Å². The number of halogens is 1. The number of aromatic hydroxyl groups is 1. The van der Waals surface area contributed by atoms with Crippen molar-refractivity contribution in [3.8, 4) is 17.1 Å². The molecule has 0 fully saturated rings. The standard InChI is InChI=1S/C17H17ClN2O/c1-10(2)20-16-13(18)5-4-6-14(16)19-17(20)12-8-7-11(3)15(21)9-12/h4-10,21H,1-3H3. The number of imidazole rings is 1. The summed E-state index contributed by atoms with van der Waals surface area (Å²) in [6, 6.07) is 11.6. The highest BCUT2D eigenvalue weighted by atomic mass is 35.5. The third-order valence-corrected chi connectivity index (χ3v) is 3.95. The molecule has 0 aliphatic carbocycles. The molecule has 0 amide bonds. The van der Waals surface area contributed by atoms with Gasteiger partial charge >= 0.3 is 0 Å². The van der Waals surface area contributed by atoms with E-state index in [0.29, 0.717) is 5.02 Å². The van der Waals surface area contributed by atoms with Crippen LogP contribution < -0.4 is 0 Å². The number of aryl methyl sites for hydroxylation is 1. The molecule has 0 aliphatic rings. The Morgan fingerprint density at radius 3 is 2.62 bits per heavy atom. The number of fused-ring (bicyclic) bond motifs is 1. The Morgan fingerprint density at radius 1 is 1.19 bits per heavy atom. The second-order valence-electron chi connectivity index (χ2n) is 5.51. The number of nitrogens with zero attached hydrogens (tertiary/aromatic N) is 2. The van der Waals surface area contributed by atoms with Crippen LogP contribution in [0.5, 0.6) is 5.75 Å². The van der Waals surface area contributed by atoms with E-state index in [1.807, 2.05) is 37.3 Å². The first-order chi connectivity index (χ1) is 9.99. The summed E-state index contributed by atoms with van der Waals surface area (Å²) in [6.45, 7) is 6.07. The highest BCUT2D eigenvalue weighted by molar-refractivity contribution is 6.35. The highest BCUT2D eigenvalue weighted by Crippen LogP contribution is 2.33. The molecule has 4 heteroatoms. The first-order valence-corrected chi connectivity index (χ1v) is 7.33. The molecule has 0 saturated heterocycles. The Kier molecular flexibility index (Phi) is 3.38. The lowest BCUT2D eigenvalue weighted by Crippen LogP contribution is -2.03. The Morgan fingerprint density at radius 2 is 1.95 bits per heavy atom. The van der Waals surface area contributed by atoms with E-state index in [-0.39, 0.29) is 11.8 Å². The Hall–Kier alpha value is -2.00. The van der Waals surface area contributed by atoms with Gasteiger partial charge in [-0.15, -0.1) is 0 Å². The van der Waals surface area contributed by atoms with Crippen LogP contribution in [0.4, 0.5) is 0 Å². The average Bonchev–Trinajstić information content (AvgIpc) is 2.83. The van der Waals surface area contributed by atoms with E-state index < -0.39 is 0 Å². The number of aromatic nitrogens is 2. The van der Waals surface area contributed by atoms with Crippen LogP contribution in [-0.2, 0) is 0 Å². The van der Waals surface area contributed by atoms with E-state index in [9.17, 15) is 5.11 Å². The first kappa shape index (κ1) is 14.0.